The van der Waals surface area contributed by atoms with E-state index in [4.69, 9.17) is 14.3 Å². The molecule has 1 saturated heterocycles. The molecule has 11 heteroatoms. The van der Waals surface area contributed by atoms with Gasteiger partial charge in [-0.15, -0.1) is 0 Å². The summed E-state index contributed by atoms with van der Waals surface area (Å²) in [5, 5.41) is 34.2. The summed E-state index contributed by atoms with van der Waals surface area (Å²) < 4.78 is 10.2. The molecule has 0 aromatic carbocycles. The first-order chi connectivity index (χ1) is 10.3. The van der Waals surface area contributed by atoms with E-state index in [1.165, 1.54) is 0 Å². The quantitative estimate of drug-likeness (QED) is 0.411. The lowest BCUT2D eigenvalue weighted by atomic mass is 10.0. The standard InChI is InChI=1S/C11H13N3O8/c1-7(2)22-14(19)8-5-9(12(15)16)11(20-3-4-21-11)10(6-8)13(17)18/h5-7H,3-4H2,1-2H3. The summed E-state index contributed by atoms with van der Waals surface area (Å²) in [7, 11) is 0. The Hall–Kier alpha value is -2.53. The van der Waals surface area contributed by atoms with Crippen molar-refractivity contribution >= 4 is 5.71 Å². The number of rotatable bonds is 4. The van der Waals surface area contributed by atoms with E-state index in [0.717, 1.165) is 12.2 Å². The van der Waals surface area contributed by atoms with Crippen LogP contribution in [0.2, 0.25) is 0 Å². The Balaban J connectivity index is 2.59. The van der Waals surface area contributed by atoms with Crippen LogP contribution in [0.4, 0.5) is 0 Å². The van der Waals surface area contributed by atoms with Crippen LogP contribution in [0.15, 0.2) is 23.5 Å². The maximum Gasteiger partial charge on any atom is 0.356 e. The number of hydrogen-bond acceptors (Lipinski definition) is 8. The van der Waals surface area contributed by atoms with Crippen molar-refractivity contribution in [2.24, 2.45) is 0 Å². The second-order valence-corrected chi connectivity index (χ2v) is 4.72. The van der Waals surface area contributed by atoms with Gasteiger partial charge in [0, 0.05) is 4.90 Å². The van der Waals surface area contributed by atoms with E-state index in [2.05, 4.69) is 0 Å². The highest BCUT2D eigenvalue weighted by molar-refractivity contribution is 6.02. The van der Waals surface area contributed by atoms with Crippen molar-refractivity contribution in [2.75, 3.05) is 13.2 Å². The molecule has 2 aliphatic rings. The first kappa shape index (κ1) is 15.9. The van der Waals surface area contributed by atoms with Gasteiger partial charge in [-0.2, -0.15) is 0 Å². The molecule has 2 rings (SSSR count). The highest BCUT2D eigenvalue weighted by Gasteiger charge is 2.61. The van der Waals surface area contributed by atoms with Crippen LogP contribution in [0.1, 0.15) is 13.8 Å². The van der Waals surface area contributed by atoms with Gasteiger partial charge in [0.25, 0.3) is 5.71 Å². The zero-order valence-electron chi connectivity index (χ0n) is 11.8. The SMILES string of the molecule is CC(C)O[N+]([O-])=C1C=C([N+](=O)[O-])C2(OCCO2)C([N+](=O)[O-])=C1. The molecule has 0 bridgehead atoms. The van der Waals surface area contributed by atoms with E-state index in [9.17, 15) is 25.4 Å². The van der Waals surface area contributed by atoms with Gasteiger partial charge in [-0.3, -0.25) is 25.4 Å². The van der Waals surface area contributed by atoms with E-state index in [1.807, 2.05) is 0 Å². The van der Waals surface area contributed by atoms with Crippen LogP contribution in [0, 0.1) is 25.4 Å². The number of hydrogen-bond donors (Lipinski definition) is 0. The highest BCUT2D eigenvalue weighted by atomic mass is 16.9. The van der Waals surface area contributed by atoms with Gasteiger partial charge in [-0.25, -0.2) is 0 Å². The normalized spacial score (nSPS) is 19.9. The number of nitro groups is 2. The third-order valence-corrected chi connectivity index (χ3v) is 2.85. The molecule has 11 nitrogen and oxygen atoms in total. The third kappa shape index (κ3) is 2.63. The predicted molar refractivity (Wildman–Crippen MR) is 69.6 cm³/mol. The van der Waals surface area contributed by atoms with Crippen molar-refractivity contribution in [3.8, 4) is 0 Å². The molecule has 0 aromatic rings. The lowest BCUT2D eigenvalue weighted by molar-refractivity contribution is -0.750. The van der Waals surface area contributed by atoms with E-state index < -0.39 is 38.8 Å². The highest BCUT2D eigenvalue weighted by Crippen LogP contribution is 2.38. The lowest BCUT2D eigenvalue weighted by Crippen LogP contribution is -2.44. The summed E-state index contributed by atoms with van der Waals surface area (Å²) in [5.41, 5.74) is -1.89. The monoisotopic (exact) mass is 315 g/mol. The van der Waals surface area contributed by atoms with Gasteiger partial charge in [-0.05, 0) is 13.8 Å². The molecule has 0 atom stereocenters. The van der Waals surface area contributed by atoms with Gasteiger partial charge in [0.2, 0.25) is 0 Å². The van der Waals surface area contributed by atoms with Crippen molar-refractivity contribution in [2.45, 2.75) is 25.7 Å². The van der Waals surface area contributed by atoms with Gasteiger partial charge >= 0.3 is 17.2 Å². The van der Waals surface area contributed by atoms with E-state index in [-0.39, 0.29) is 18.1 Å². The molecule has 0 amide bonds. The molecule has 1 fully saturated rings. The van der Waals surface area contributed by atoms with Gasteiger partial charge in [-0.1, -0.05) is 0 Å². The molecule has 0 N–H and O–H groups in total. The lowest BCUT2D eigenvalue weighted by Gasteiger charge is -2.22. The van der Waals surface area contributed by atoms with Crippen LogP contribution in [0.3, 0.4) is 0 Å². The molecule has 1 heterocycles. The molecule has 1 aliphatic carbocycles. The Labute approximate surface area is 123 Å². The minimum Gasteiger partial charge on any atom is -0.400 e. The zero-order valence-corrected chi connectivity index (χ0v) is 11.8. The summed E-state index contributed by atoms with van der Waals surface area (Å²) in [6.07, 6.45) is 1.17. The summed E-state index contributed by atoms with van der Waals surface area (Å²) >= 11 is 0. The molecule has 0 saturated carbocycles. The molecule has 0 unspecified atom stereocenters. The van der Waals surface area contributed by atoms with Gasteiger partial charge in [0.15, 0.2) is 0 Å². The minimum atomic E-state index is -2.21. The third-order valence-electron chi connectivity index (χ3n) is 2.85. The smallest absolute Gasteiger partial charge is 0.356 e. The number of nitrogens with zero attached hydrogens (tertiary/aromatic N) is 3. The van der Waals surface area contributed by atoms with Gasteiger partial charge in [0.1, 0.15) is 0 Å². The average Bonchev–Trinajstić information content (AvgIpc) is 2.87. The Morgan fingerprint density at radius 3 is 1.91 bits per heavy atom. The van der Waals surface area contributed by atoms with Crippen LogP contribution >= 0.6 is 0 Å². The van der Waals surface area contributed by atoms with Gasteiger partial charge in [0.05, 0.1) is 41.3 Å². The summed E-state index contributed by atoms with van der Waals surface area (Å²) in [4.78, 5) is 25.5. The average molecular weight is 315 g/mol. The molecule has 1 spiro atoms. The maximum absolute atomic E-state index is 11.8. The largest absolute Gasteiger partial charge is 0.400 e. The van der Waals surface area contributed by atoms with Crippen molar-refractivity contribution in [1.82, 2.24) is 0 Å². The van der Waals surface area contributed by atoms with E-state index >= 15 is 0 Å². The summed E-state index contributed by atoms with van der Waals surface area (Å²) in [6, 6.07) is 0. The summed E-state index contributed by atoms with van der Waals surface area (Å²) in [6.45, 7) is 3.04. The Bertz CT molecular complexity index is 564. The number of allylic oxidation sites excluding steroid dienone is 2. The Morgan fingerprint density at radius 2 is 1.55 bits per heavy atom. The first-order valence-corrected chi connectivity index (χ1v) is 6.30. The van der Waals surface area contributed by atoms with Crippen molar-refractivity contribution in [3.63, 3.8) is 0 Å². The topological polar surface area (TPSA) is 140 Å². The molecule has 22 heavy (non-hydrogen) atoms. The van der Waals surface area contributed by atoms with E-state index in [0.29, 0.717) is 0 Å². The second kappa shape index (κ2) is 5.69. The Morgan fingerprint density at radius 1 is 1.09 bits per heavy atom. The fraction of sp³-hybridized carbons (Fsp3) is 0.545. The Kier molecular flexibility index (Phi) is 4.10. The molecule has 120 valence electrons. The van der Waals surface area contributed by atoms with Crippen LogP contribution in [-0.2, 0) is 14.3 Å². The molecule has 0 aromatic heterocycles. The van der Waals surface area contributed by atoms with Gasteiger partial charge < -0.3 is 14.3 Å². The molecular formula is C11H13N3O8. The van der Waals surface area contributed by atoms with Crippen LogP contribution < -0.4 is 0 Å². The van der Waals surface area contributed by atoms with Crippen LogP contribution in [0.25, 0.3) is 0 Å². The molecule has 0 radical (unpaired) electrons. The zero-order chi connectivity index (χ0) is 16.5. The fourth-order valence-corrected chi connectivity index (χ4v) is 2.05. The van der Waals surface area contributed by atoms with E-state index in [1.54, 1.807) is 13.8 Å². The minimum absolute atomic E-state index is 0.0144. The fourth-order valence-electron chi connectivity index (χ4n) is 2.05. The number of ether oxygens (including phenoxy) is 2. The predicted octanol–water partition coefficient (Wildman–Crippen LogP) is 0.356. The van der Waals surface area contributed by atoms with Crippen LogP contribution in [0.5, 0.6) is 0 Å². The van der Waals surface area contributed by atoms with Crippen LogP contribution in [-0.4, -0.2) is 45.6 Å². The second-order valence-electron chi connectivity index (χ2n) is 4.72. The molecular weight excluding hydrogens is 302 g/mol. The van der Waals surface area contributed by atoms with Crippen molar-refractivity contribution in [3.05, 3.63) is 49.0 Å². The van der Waals surface area contributed by atoms with Crippen molar-refractivity contribution < 1.29 is 29.1 Å². The first-order valence-electron chi connectivity index (χ1n) is 6.30. The van der Waals surface area contributed by atoms with Crippen molar-refractivity contribution in [1.29, 1.82) is 0 Å². The summed E-state index contributed by atoms with van der Waals surface area (Å²) in [5.74, 6) is -2.21. The maximum atomic E-state index is 11.8. The molecule has 1 aliphatic heterocycles.